The first-order valence-corrected chi connectivity index (χ1v) is 17.1. The topological polar surface area (TPSA) is 160 Å². The van der Waals surface area contributed by atoms with E-state index in [9.17, 15) is 34.1 Å². The largest absolute Gasteiger partial charge is 0.384 e. The Hall–Kier alpha value is -5.70. The maximum atomic E-state index is 13.9. The first-order valence-electron chi connectivity index (χ1n) is 17.1. The summed E-state index contributed by atoms with van der Waals surface area (Å²) in [6, 6.07) is 17.9. The molecule has 0 aliphatic carbocycles. The summed E-state index contributed by atoms with van der Waals surface area (Å²) in [5.74, 6) is -0.961. The van der Waals surface area contributed by atoms with Crippen molar-refractivity contribution in [3.05, 3.63) is 119 Å². The monoisotopic (exact) mass is 739 g/mol. The molecule has 15 heteroatoms. The number of para-hydroxylation sites is 1. The number of imide groups is 1. The van der Waals surface area contributed by atoms with Gasteiger partial charge in [-0.2, -0.15) is 0 Å². The SMILES string of the molecule is CN(C)CCn1c(=O)c2ccc(NCCCN(C)CCCN3C(=O)c4cccc5cc([N+](=O)[O-])cc(c45)C3=O)c3c(=O)c4ccccc4n(c1=O)c23.Cl. The number of nitrogens with one attached hydrogen (secondary N) is 1. The maximum Gasteiger partial charge on any atom is 0.336 e. The van der Waals surface area contributed by atoms with Crippen LogP contribution in [-0.4, -0.2) is 94.3 Å². The number of nitro benzene ring substituents is 1. The molecule has 3 heterocycles. The van der Waals surface area contributed by atoms with E-state index in [0.717, 1.165) is 4.90 Å². The summed E-state index contributed by atoms with van der Waals surface area (Å²) in [5.41, 5.74) is 0.395. The van der Waals surface area contributed by atoms with E-state index < -0.39 is 28.0 Å². The summed E-state index contributed by atoms with van der Waals surface area (Å²) in [6.07, 6.45) is 1.17. The number of hydrogen-bond acceptors (Lipinski definition) is 10. The van der Waals surface area contributed by atoms with E-state index >= 15 is 0 Å². The zero-order valence-corrected chi connectivity index (χ0v) is 30.3. The minimum Gasteiger partial charge on any atom is -0.384 e. The molecule has 0 bridgehead atoms. The lowest BCUT2D eigenvalue weighted by Gasteiger charge is -2.27. The van der Waals surface area contributed by atoms with Crippen LogP contribution in [0.25, 0.3) is 38.0 Å². The molecule has 0 spiro atoms. The molecular formula is C38H38ClN7O7. The number of aromatic nitrogens is 2. The van der Waals surface area contributed by atoms with Crippen molar-refractivity contribution < 1.29 is 14.5 Å². The zero-order chi connectivity index (χ0) is 36.8. The second kappa shape index (κ2) is 14.7. The van der Waals surface area contributed by atoms with Crippen LogP contribution in [0.3, 0.4) is 0 Å². The minimum atomic E-state index is -0.545. The number of non-ortho nitro benzene ring substituents is 1. The second-order valence-electron chi connectivity index (χ2n) is 13.5. The maximum absolute atomic E-state index is 13.9. The summed E-state index contributed by atoms with van der Waals surface area (Å²) in [4.78, 5) is 84.0. The van der Waals surface area contributed by atoms with Gasteiger partial charge in [-0.1, -0.05) is 24.3 Å². The van der Waals surface area contributed by atoms with E-state index in [1.54, 1.807) is 54.6 Å². The van der Waals surface area contributed by atoms with Crippen molar-refractivity contribution in [1.29, 1.82) is 0 Å². The number of carbonyl (C=O) groups is 2. The highest BCUT2D eigenvalue weighted by Gasteiger charge is 2.34. The molecule has 7 rings (SSSR count). The predicted molar refractivity (Wildman–Crippen MR) is 207 cm³/mol. The zero-order valence-electron chi connectivity index (χ0n) is 29.5. The molecule has 1 aliphatic heterocycles. The highest BCUT2D eigenvalue weighted by Crippen LogP contribution is 2.33. The van der Waals surface area contributed by atoms with Gasteiger partial charge in [-0.3, -0.25) is 43.2 Å². The molecule has 53 heavy (non-hydrogen) atoms. The van der Waals surface area contributed by atoms with E-state index in [0.29, 0.717) is 82.8 Å². The number of carbonyl (C=O) groups excluding carboxylic acids is 2. The van der Waals surface area contributed by atoms with Crippen LogP contribution < -0.4 is 22.0 Å². The molecule has 14 nitrogen and oxygen atoms in total. The third-order valence-electron chi connectivity index (χ3n) is 9.76. The Morgan fingerprint density at radius 2 is 1.51 bits per heavy atom. The Kier molecular flexibility index (Phi) is 10.3. The Balaban J connectivity index is 0.00000481. The van der Waals surface area contributed by atoms with Crippen LogP contribution in [0.2, 0.25) is 0 Å². The van der Waals surface area contributed by atoms with Crippen molar-refractivity contribution >= 4 is 73.6 Å². The van der Waals surface area contributed by atoms with Gasteiger partial charge in [0.25, 0.3) is 23.1 Å². The molecule has 0 radical (unpaired) electrons. The van der Waals surface area contributed by atoms with Gasteiger partial charge in [0.1, 0.15) is 0 Å². The third kappa shape index (κ3) is 6.49. The molecule has 4 aromatic carbocycles. The van der Waals surface area contributed by atoms with Crippen molar-refractivity contribution in [2.24, 2.45) is 0 Å². The van der Waals surface area contributed by atoms with Gasteiger partial charge in [-0.15, -0.1) is 12.4 Å². The lowest BCUT2D eigenvalue weighted by molar-refractivity contribution is -0.384. The number of anilines is 1. The smallest absolute Gasteiger partial charge is 0.336 e. The number of benzene rings is 4. The quantitative estimate of drug-likeness (QED) is 0.0458. The van der Waals surface area contributed by atoms with E-state index in [1.165, 1.54) is 21.1 Å². The second-order valence-corrected chi connectivity index (χ2v) is 13.5. The summed E-state index contributed by atoms with van der Waals surface area (Å²) in [7, 11) is 5.67. The van der Waals surface area contributed by atoms with Crippen molar-refractivity contribution in [2.45, 2.75) is 19.4 Å². The lowest BCUT2D eigenvalue weighted by Crippen LogP contribution is -2.41. The number of halogens is 1. The van der Waals surface area contributed by atoms with Gasteiger partial charge in [-0.05, 0) is 82.8 Å². The van der Waals surface area contributed by atoms with E-state index in [-0.39, 0.29) is 47.6 Å². The van der Waals surface area contributed by atoms with Gasteiger partial charge in [0.05, 0.1) is 32.3 Å². The van der Waals surface area contributed by atoms with Gasteiger partial charge in [0.15, 0.2) is 5.43 Å². The van der Waals surface area contributed by atoms with Crippen LogP contribution >= 0.6 is 12.4 Å². The number of nitrogens with zero attached hydrogens (tertiary/aromatic N) is 6. The van der Waals surface area contributed by atoms with Crippen molar-refractivity contribution in [1.82, 2.24) is 23.7 Å². The lowest BCUT2D eigenvalue weighted by atomic mass is 9.93. The predicted octanol–water partition coefficient (Wildman–Crippen LogP) is 4.03. The van der Waals surface area contributed by atoms with Crippen LogP contribution in [0.5, 0.6) is 0 Å². The molecule has 2 aromatic heterocycles. The summed E-state index contributed by atoms with van der Waals surface area (Å²) in [5, 5.41) is 16.7. The number of pyridine rings is 1. The molecule has 1 aliphatic rings. The highest BCUT2D eigenvalue weighted by molar-refractivity contribution is 6.25. The van der Waals surface area contributed by atoms with Crippen LogP contribution in [-0.2, 0) is 6.54 Å². The number of amides is 2. The molecule has 274 valence electrons. The Bertz CT molecular complexity index is 2620. The summed E-state index contributed by atoms with van der Waals surface area (Å²) < 4.78 is 2.71. The normalized spacial score (nSPS) is 12.9. The van der Waals surface area contributed by atoms with E-state index in [4.69, 9.17) is 0 Å². The molecule has 6 aromatic rings. The molecule has 1 N–H and O–H groups in total. The first-order chi connectivity index (χ1) is 25.0. The van der Waals surface area contributed by atoms with Gasteiger partial charge >= 0.3 is 5.69 Å². The molecule has 2 amide bonds. The van der Waals surface area contributed by atoms with Crippen LogP contribution in [0.15, 0.2) is 81.1 Å². The van der Waals surface area contributed by atoms with Crippen molar-refractivity contribution in [3.8, 4) is 0 Å². The van der Waals surface area contributed by atoms with Gasteiger partial charge in [-0.25, -0.2) is 4.79 Å². The third-order valence-corrected chi connectivity index (χ3v) is 9.76. The van der Waals surface area contributed by atoms with E-state index in [2.05, 4.69) is 10.2 Å². The van der Waals surface area contributed by atoms with Crippen molar-refractivity contribution in [3.63, 3.8) is 0 Å². The molecule has 0 atom stereocenters. The number of rotatable bonds is 13. The molecular weight excluding hydrogens is 702 g/mol. The Morgan fingerprint density at radius 3 is 2.26 bits per heavy atom. The number of likely N-dealkylation sites (N-methyl/N-ethyl adjacent to an activating group) is 1. The first kappa shape index (κ1) is 37.1. The van der Waals surface area contributed by atoms with Gasteiger partial charge in [0.2, 0.25) is 0 Å². The fourth-order valence-corrected chi connectivity index (χ4v) is 7.17. The standard InChI is InChI=1S/C38H37N7O7.ClH/c1-40(2)19-20-43-36(48)27-13-14-29(32-33(27)44(38(43)50)30-12-5-4-10-25(30)34(32)46)39-15-7-16-41(3)17-8-18-42-35(47)26-11-6-9-23-21-24(45(51)52)22-28(31(23)26)37(42)49;/h4-6,9-14,21-22,39H,7-8,15-20H2,1-3H3;1H. The van der Waals surface area contributed by atoms with Crippen LogP contribution in [0, 0.1) is 10.1 Å². The number of fused-ring (bicyclic) bond motifs is 2. The van der Waals surface area contributed by atoms with Crippen LogP contribution in [0.4, 0.5) is 11.4 Å². The molecule has 0 saturated carbocycles. The molecule has 0 unspecified atom stereocenters. The van der Waals surface area contributed by atoms with Crippen molar-refractivity contribution in [2.75, 3.05) is 59.2 Å². The summed E-state index contributed by atoms with van der Waals surface area (Å²) in [6.45, 7) is 2.58. The van der Waals surface area contributed by atoms with Gasteiger partial charge < -0.3 is 15.1 Å². The average Bonchev–Trinajstić information content (AvgIpc) is 3.12. The van der Waals surface area contributed by atoms with E-state index in [1.807, 2.05) is 26.0 Å². The summed E-state index contributed by atoms with van der Waals surface area (Å²) >= 11 is 0. The van der Waals surface area contributed by atoms with Crippen LogP contribution in [0.1, 0.15) is 33.6 Å². The minimum absolute atomic E-state index is 0. The molecule has 0 fully saturated rings. The number of nitro groups is 1. The Labute approximate surface area is 308 Å². The average molecular weight is 740 g/mol. The number of hydrogen-bond donors (Lipinski definition) is 1. The fourth-order valence-electron chi connectivity index (χ4n) is 7.17. The van der Waals surface area contributed by atoms with Gasteiger partial charge in [0, 0.05) is 60.3 Å². The fraction of sp³-hybridized carbons (Fsp3) is 0.289. The highest BCUT2D eigenvalue weighted by atomic mass is 35.5. The Morgan fingerprint density at radius 1 is 0.774 bits per heavy atom. The molecule has 0 saturated heterocycles.